The fourth-order valence-electron chi connectivity index (χ4n) is 9.76. The van der Waals surface area contributed by atoms with Gasteiger partial charge < -0.3 is 4.90 Å². The number of para-hydroxylation sites is 1. The molecule has 1 aliphatic heterocycles. The molecule has 3 nitrogen and oxygen atoms in total. The molecule has 0 bridgehead atoms. The number of nitrogens with one attached hydrogen (secondary N) is 1. The van der Waals surface area contributed by atoms with Crippen LogP contribution in [0.5, 0.6) is 0 Å². The smallest absolute Gasteiger partial charge is 0.129 e. The predicted molar refractivity (Wildman–Crippen MR) is 267 cm³/mol. The number of amidine groups is 1. The summed E-state index contributed by atoms with van der Waals surface area (Å²) in [6.07, 6.45) is 22.1. The molecule has 0 saturated heterocycles. The highest BCUT2D eigenvalue weighted by molar-refractivity contribution is 6.10. The van der Waals surface area contributed by atoms with E-state index in [2.05, 4.69) is 193 Å². The summed E-state index contributed by atoms with van der Waals surface area (Å²) in [4.78, 5) is 4.60. The Morgan fingerprint density at radius 1 is 0.645 bits per heavy atom. The minimum absolute atomic E-state index is 0.105. The monoisotopic (exact) mass is 799 g/mol. The Hall–Kier alpha value is -7.49. The second-order valence-electron chi connectivity index (χ2n) is 16.3. The first-order valence-corrected chi connectivity index (χ1v) is 21.8. The lowest BCUT2D eigenvalue weighted by molar-refractivity contribution is 0.588. The standard InChI is InChI=1S/C59H49N3/c1-3-17-53-50(4-2)56(38-44-19-11-13-23-51(44)53)41-28-33-47(34-29-41)61(49-37-32-43-18-7-5-10-27-59(60)62(58(43)40-49)46-21-8-6-9-22-46)48-35-30-42(31-36-48)57-39-45-20-12-14-24-52(45)54-25-15-16-26-55(54)57/h3-17,19-30,32-35,37-40,42,48,60H,2,18,31,36H2,1H3/b7-5-,17-3-,27-10-,60-59?. The summed E-state index contributed by atoms with van der Waals surface area (Å²) in [5.74, 6) is 0.722. The van der Waals surface area contributed by atoms with Crippen molar-refractivity contribution in [1.82, 2.24) is 0 Å². The van der Waals surface area contributed by atoms with Gasteiger partial charge in [0.2, 0.25) is 0 Å². The highest BCUT2D eigenvalue weighted by Crippen LogP contribution is 2.43. The lowest BCUT2D eigenvalue weighted by Crippen LogP contribution is -2.32. The zero-order valence-corrected chi connectivity index (χ0v) is 35.1. The Kier molecular flexibility index (Phi) is 10.5. The molecule has 0 spiro atoms. The van der Waals surface area contributed by atoms with Gasteiger partial charge >= 0.3 is 0 Å². The van der Waals surface area contributed by atoms with Crippen molar-refractivity contribution in [3.05, 3.63) is 229 Å². The zero-order valence-electron chi connectivity index (χ0n) is 35.1. The highest BCUT2D eigenvalue weighted by Gasteiger charge is 2.27. The van der Waals surface area contributed by atoms with Crippen LogP contribution in [0.3, 0.4) is 0 Å². The molecule has 0 radical (unpaired) electrons. The maximum absolute atomic E-state index is 9.30. The molecule has 2 aliphatic rings. The average Bonchev–Trinajstić information content (AvgIpc) is 3.40. The van der Waals surface area contributed by atoms with Crippen LogP contribution in [0.2, 0.25) is 0 Å². The van der Waals surface area contributed by atoms with E-state index in [1.165, 1.54) is 54.6 Å². The fourth-order valence-corrected chi connectivity index (χ4v) is 9.76. The first kappa shape index (κ1) is 38.7. The van der Waals surface area contributed by atoms with Crippen LogP contribution < -0.4 is 9.80 Å². The summed E-state index contributed by atoms with van der Waals surface area (Å²) in [5.41, 5.74) is 11.4. The van der Waals surface area contributed by atoms with Crippen molar-refractivity contribution in [2.45, 2.75) is 38.1 Å². The van der Waals surface area contributed by atoms with Crippen LogP contribution >= 0.6 is 0 Å². The second-order valence-corrected chi connectivity index (χ2v) is 16.3. The van der Waals surface area contributed by atoms with E-state index in [0.717, 1.165) is 53.1 Å². The topological polar surface area (TPSA) is 30.3 Å². The van der Waals surface area contributed by atoms with Gasteiger partial charge in [-0.15, -0.1) is 0 Å². The molecule has 3 heteroatoms. The largest absolute Gasteiger partial charge is 0.334 e. The number of allylic oxidation sites excluding steroid dienone is 5. The van der Waals surface area contributed by atoms with E-state index in [0.29, 0.717) is 11.8 Å². The molecule has 0 saturated carbocycles. The van der Waals surface area contributed by atoms with Crippen LogP contribution in [0, 0.1) is 5.41 Å². The van der Waals surface area contributed by atoms with E-state index in [-0.39, 0.29) is 6.04 Å². The molecule has 8 aromatic carbocycles. The van der Waals surface area contributed by atoms with Gasteiger partial charge in [-0.05, 0) is 146 Å². The van der Waals surface area contributed by atoms with Crippen LogP contribution in [0.4, 0.5) is 22.7 Å². The van der Waals surface area contributed by atoms with E-state index in [1.807, 2.05) is 42.5 Å². The van der Waals surface area contributed by atoms with E-state index in [1.54, 1.807) is 0 Å². The molecular weight excluding hydrogens is 751 g/mol. The number of rotatable bonds is 8. The third-order valence-corrected chi connectivity index (χ3v) is 12.7. The number of anilines is 4. The third kappa shape index (κ3) is 7.16. The van der Waals surface area contributed by atoms with Crippen molar-refractivity contribution >= 4 is 73.1 Å². The first-order valence-electron chi connectivity index (χ1n) is 21.8. The summed E-state index contributed by atoms with van der Waals surface area (Å²) in [6, 6.07) is 57.4. The number of fused-ring (bicyclic) bond motifs is 5. The third-order valence-electron chi connectivity index (χ3n) is 12.7. The summed E-state index contributed by atoms with van der Waals surface area (Å²) >= 11 is 0. The van der Waals surface area contributed by atoms with Crippen molar-refractivity contribution in [3.63, 3.8) is 0 Å². The van der Waals surface area contributed by atoms with Gasteiger partial charge in [0.1, 0.15) is 5.84 Å². The van der Waals surface area contributed by atoms with Crippen LogP contribution in [0.15, 0.2) is 207 Å². The van der Waals surface area contributed by atoms with Gasteiger partial charge in [0, 0.05) is 23.0 Å². The molecule has 62 heavy (non-hydrogen) atoms. The van der Waals surface area contributed by atoms with Crippen LogP contribution in [0.1, 0.15) is 47.9 Å². The summed E-state index contributed by atoms with van der Waals surface area (Å²) in [5, 5.41) is 17.0. The number of nitrogens with zero attached hydrogens (tertiary/aromatic N) is 2. The Bertz CT molecular complexity index is 3110. The van der Waals surface area contributed by atoms with Gasteiger partial charge in [0.25, 0.3) is 0 Å². The molecule has 2 atom stereocenters. The van der Waals surface area contributed by atoms with Gasteiger partial charge in [0.05, 0.1) is 11.7 Å². The van der Waals surface area contributed by atoms with Crippen LogP contribution in [-0.4, -0.2) is 11.9 Å². The van der Waals surface area contributed by atoms with Crippen molar-refractivity contribution in [2.75, 3.05) is 9.80 Å². The molecule has 0 amide bonds. The maximum Gasteiger partial charge on any atom is 0.129 e. The Labute approximate surface area is 365 Å². The summed E-state index contributed by atoms with van der Waals surface area (Å²) in [6.45, 7) is 6.36. The van der Waals surface area contributed by atoms with E-state index in [4.69, 9.17) is 0 Å². The van der Waals surface area contributed by atoms with Crippen LogP contribution in [-0.2, 0) is 6.42 Å². The lowest BCUT2D eigenvalue weighted by atomic mass is 9.83. The van der Waals surface area contributed by atoms with E-state index >= 15 is 0 Å². The number of hydrogen-bond donors (Lipinski definition) is 1. The highest BCUT2D eigenvalue weighted by atomic mass is 15.2. The van der Waals surface area contributed by atoms with Gasteiger partial charge in [0.15, 0.2) is 0 Å². The predicted octanol–water partition coefficient (Wildman–Crippen LogP) is 15.9. The number of hydrogen-bond acceptors (Lipinski definition) is 2. The lowest BCUT2D eigenvalue weighted by Gasteiger charge is -2.37. The Morgan fingerprint density at radius 2 is 1.34 bits per heavy atom. The molecular formula is C59H49N3. The Morgan fingerprint density at radius 3 is 2.08 bits per heavy atom. The SMILES string of the molecule is C=Cc1c(-c2ccc(N(c3ccc4c(c3)N(c3ccccc3)C(=N)/C=C\C=C/C4)C3C=CC(c4cc5ccccc5c5ccccc45)CC3)cc2)cc2ccccc2c1/C=C\C. The first-order chi connectivity index (χ1) is 30.6. The van der Waals surface area contributed by atoms with Crippen molar-refractivity contribution in [3.8, 4) is 11.1 Å². The molecule has 1 heterocycles. The molecule has 0 aromatic heterocycles. The minimum Gasteiger partial charge on any atom is -0.334 e. The molecule has 0 fully saturated rings. The molecule has 10 rings (SSSR count). The Balaban J connectivity index is 1.10. The second kappa shape index (κ2) is 16.9. The summed E-state index contributed by atoms with van der Waals surface area (Å²) in [7, 11) is 0. The number of benzene rings is 8. The minimum atomic E-state index is 0.105. The average molecular weight is 800 g/mol. The fraction of sp³-hybridized carbons (Fsp3) is 0.102. The van der Waals surface area contributed by atoms with Gasteiger partial charge in [-0.2, -0.15) is 0 Å². The maximum atomic E-state index is 9.30. The van der Waals surface area contributed by atoms with E-state index in [9.17, 15) is 5.41 Å². The zero-order chi connectivity index (χ0) is 42.0. The van der Waals surface area contributed by atoms with Gasteiger partial charge in [-0.1, -0.05) is 164 Å². The summed E-state index contributed by atoms with van der Waals surface area (Å²) < 4.78 is 0. The van der Waals surface area contributed by atoms with Crippen LogP contribution in [0.25, 0.3) is 55.6 Å². The molecule has 8 aromatic rings. The molecule has 1 N–H and O–H groups in total. The van der Waals surface area contributed by atoms with Crippen molar-refractivity contribution in [1.29, 1.82) is 5.41 Å². The molecule has 2 unspecified atom stereocenters. The van der Waals surface area contributed by atoms with Crippen molar-refractivity contribution < 1.29 is 0 Å². The molecule has 1 aliphatic carbocycles. The van der Waals surface area contributed by atoms with Gasteiger partial charge in [-0.25, -0.2) is 0 Å². The quantitative estimate of drug-likeness (QED) is 0.123. The van der Waals surface area contributed by atoms with E-state index < -0.39 is 0 Å². The molecule has 300 valence electrons. The van der Waals surface area contributed by atoms with Crippen molar-refractivity contribution in [2.24, 2.45) is 0 Å². The normalized spacial score (nSPS) is 17.4. The van der Waals surface area contributed by atoms with Gasteiger partial charge in [-0.3, -0.25) is 10.3 Å².